The normalized spacial score (nSPS) is 28.3. The van der Waals surface area contributed by atoms with E-state index in [4.69, 9.17) is 9.47 Å². The number of aromatic amines is 1. The van der Waals surface area contributed by atoms with Crippen molar-refractivity contribution in [1.29, 1.82) is 0 Å². The van der Waals surface area contributed by atoms with Gasteiger partial charge in [-0.2, -0.15) is 0 Å². The lowest BCUT2D eigenvalue weighted by Crippen LogP contribution is -2.44. The number of rotatable bonds is 4. The number of hydrogen-bond acceptors (Lipinski definition) is 8. The van der Waals surface area contributed by atoms with Crippen molar-refractivity contribution in [2.45, 2.75) is 44.5 Å². The average Bonchev–Trinajstić information content (AvgIpc) is 2.73. The summed E-state index contributed by atoms with van der Waals surface area (Å²) in [6.45, 7) is 2.22. The summed E-state index contributed by atoms with van der Waals surface area (Å²) in [6.07, 6.45) is -6.20. The summed E-state index contributed by atoms with van der Waals surface area (Å²) in [4.78, 5) is 47.5. The molecule has 0 radical (unpaired) electrons. The van der Waals surface area contributed by atoms with E-state index in [2.05, 4.69) is 0 Å². The van der Waals surface area contributed by atoms with E-state index in [1.54, 1.807) is 0 Å². The van der Waals surface area contributed by atoms with Gasteiger partial charge in [0.2, 0.25) is 0 Å². The Labute approximate surface area is 129 Å². The van der Waals surface area contributed by atoms with Crippen molar-refractivity contribution in [2.75, 3.05) is 0 Å². The van der Waals surface area contributed by atoms with Crippen LogP contribution < -0.4 is 11.2 Å². The lowest BCUT2D eigenvalue weighted by molar-refractivity contribution is -0.166. The number of nitrogens with zero attached hydrogens (tertiary/aromatic N) is 1. The van der Waals surface area contributed by atoms with Gasteiger partial charge in [-0.3, -0.25) is 23.9 Å². The first-order valence-corrected chi connectivity index (χ1v) is 6.73. The molecule has 0 aliphatic carbocycles. The van der Waals surface area contributed by atoms with Crippen LogP contribution in [0.1, 0.15) is 20.1 Å². The molecule has 2 rings (SSSR count). The number of carbonyl (C=O) groups is 2. The van der Waals surface area contributed by atoms with Crippen molar-refractivity contribution < 1.29 is 29.3 Å². The van der Waals surface area contributed by atoms with Crippen LogP contribution in [0.2, 0.25) is 0 Å². The highest BCUT2D eigenvalue weighted by molar-refractivity contribution is 5.83. The average molecular weight is 328 g/mol. The summed E-state index contributed by atoms with van der Waals surface area (Å²) in [6, 6.07) is 1.03. The predicted molar refractivity (Wildman–Crippen MR) is 73.5 cm³/mol. The van der Waals surface area contributed by atoms with E-state index in [1.165, 1.54) is 0 Å². The SMILES string of the molecule is CC(=O)OC(C(C)=O)[C@H]1O[C@@H](n2ccc(=O)[nH]c2=O)[C@H](O)[C@@H]1O. The van der Waals surface area contributed by atoms with Crippen molar-refractivity contribution in [3.8, 4) is 0 Å². The molecule has 10 heteroatoms. The molecule has 126 valence electrons. The smallest absolute Gasteiger partial charge is 0.330 e. The van der Waals surface area contributed by atoms with Gasteiger partial charge in [0.25, 0.3) is 5.56 Å². The molecule has 0 amide bonds. The third-order valence-electron chi connectivity index (χ3n) is 3.39. The van der Waals surface area contributed by atoms with Gasteiger partial charge in [-0.05, 0) is 6.92 Å². The number of hydrogen-bond donors (Lipinski definition) is 3. The zero-order valence-corrected chi connectivity index (χ0v) is 12.3. The molecule has 23 heavy (non-hydrogen) atoms. The molecule has 10 nitrogen and oxygen atoms in total. The van der Waals surface area contributed by atoms with Gasteiger partial charge in [-0.25, -0.2) is 4.79 Å². The molecule has 1 saturated heterocycles. The minimum absolute atomic E-state index is 0.592. The van der Waals surface area contributed by atoms with Gasteiger partial charge in [-0.1, -0.05) is 0 Å². The van der Waals surface area contributed by atoms with E-state index in [9.17, 15) is 29.4 Å². The number of aliphatic hydroxyl groups excluding tert-OH is 2. The fourth-order valence-corrected chi connectivity index (χ4v) is 2.35. The zero-order valence-electron chi connectivity index (χ0n) is 12.3. The maximum absolute atomic E-state index is 11.7. The Morgan fingerprint density at radius 1 is 1.30 bits per heavy atom. The van der Waals surface area contributed by atoms with Crippen LogP contribution in [0.3, 0.4) is 0 Å². The first-order valence-electron chi connectivity index (χ1n) is 6.73. The molecule has 0 spiro atoms. The fourth-order valence-electron chi connectivity index (χ4n) is 2.35. The molecule has 3 N–H and O–H groups in total. The number of esters is 1. The molecule has 1 aliphatic rings. The lowest BCUT2D eigenvalue weighted by atomic mass is 10.0. The predicted octanol–water partition coefficient (Wildman–Crippen LogP) is -2.32. The topological polar surface area (TPSA) is 148 Å². The summed E-state index contributed by atoms with van der Waals surface area (Å²) in [7, 11) is 0. The molecule has 1 unspecified atom stereocenters. The molecule has 1 aliphatic heterocycles. The molecule has 2 heterocycles. The first-order chi connectivity index (χ1) is 10.7. The Morgan fingerprint density at radius 2 is 1.96 bits per heavy atom. The third-order valence-corrected chi connectivity index (χ3v) is 3.39. The van der Waals surface area contributed by atoms with Crippen molar-refractivity contribution >= 4 is 11.8 Å². The number of Topliss-reactive ketones (excluding diaryl/α,β-unsaturated/α-hetero) is 1. The number of aromatic nitrogens is 2. The summed E-state index contributed by atoms with van der Waals surface area (Å²) < 4.78 is 11.0. The van der Waals surface area contributed by atoms with E-state index >= 15 is 0 Å². The van der Waals surface area contributed by atoms with Gasteiger partial charge in [0.05, 0.1) is 0 Å². The number of aliphatic hydroxyl groups is 2. The lowest BCUT2D eigenvalue weighted by Gasteiger charge is -2.22. The zero-order chi connectivity index (χ0) is 17.3. The van der Waals surface area contributed by atoms with Crippen LogP contribution in [0, 0.1) is 0 Å². The van der Waals surface area contributed by atoms with Gasteiger partial charge >= 0.3 is 11.7 Å². The maximum atomic E-state index is 11.7. The van der Waals surface area contributed by atoms with Gasteiger partial charge in [0.1, 0.15) is 18.3 Å². The van der Waals surface area contributed by atoms with Gasteiger partial charge in [0, 0.05) is 19.2 Å². The Hall–Kier alpha value is -2.30. The van der Waals surface area contributed by atoms with Crippen LogP contribution in [0.4, 0.5) is 0 Å². The number of ketones is 1. The van der Waals surface area contributed by atoms with E-state index in [0.717, 1.165) is 30.7 Å². The van der Waals surface area contributed by atoms with Crippen molar-refractivity contribution in [2.24, 2.45) is 0 Å². The summed E-state index contributed by atoms with van der Waals surface area (Å²) in [5.74, 6) is -1.36. The van der Waals surface area contributed by atoms with E-state index in [1.807, 2.05) is 4.98 Å². The highest BCUT2D eigenvalue weighted by Gasteiger charge is 2.50. The van der Waals surface area contributed by atoms with E-state index < -0.39 is 53.6 Å². The van der Waals surface area contributed by atoms with Gasteiger partial charge in [-0.15, -0.1) is 0 Å². The highest BCUT2D eigenvalue weighted by Crippen LogP contribution is 2.31. The second kappa shape index (κ2) is 6.44. The molecule has 5 atom stereocenters. The highest BCUT2D eigenvalue weighted by atomic mass is 16.6. The molecule has 0 aromatic carbocycles. The van der Waals surface area contributed by atoms with E-state index in [-0.39, 0.29) is 0 Å². The van der Waals surface area contributed by atoms with Crippen molar-refractivity contribution in [3.05, 3.63) is 33.1 Å². The molecule has 1 fully saturated rings. The number of carbonyl (C=O) groups excluding carboxylic acids is 2. The number of nitrogens with one attached hydrogen (secondary N) is 1. The minimum Gasteiger partial charge on any atom is -0.452 e. The van der Waals surface area contributed by atoms with Crippen LogP contribution >= 0.6 is 0 Å². The van der Waals surface area contributed by atoms with Crippen LogP contribution in [0.25, 0.3) is 0 Å². The molecule has 0 bridgehead atoms. The van der Waals surface area contributed by atoms with Crippen molar-refractivity contribution in [1.82, 2.24) is 9.55 Å². The molecular formula is C13H16N2O8. The summed E-state index contributed by atoms with van der Waals surface area (Å²) >= 11 is 0. The second-order valence-corrected chi connectivity index (χ2v) is 5.13. The van der Waals surface area contributed by atoms with Crippen LogP contribution in [0.5, 0.6) is 0 Å². The first kappa shape index (κ1) is 17.1. The van der Waals surface area contributed by atoms with Crippen LogP contribution in [-0.4, -0.2) is 55.9 Å². The monoisotopic (exact) mass is 328 g/mol. The summed E-state index contributed by atoms with van der Waals surface area (Å²) in [5.41, 5.74) is -1.50. The second-order valence-electron chi connectivity index (χ2n) is 5.13. The Balaban J connectivity index is 2.33. The van der Waals surface area contributed by atoms with Crippen LogP contribution in [-0.2, 0) is 19.1 Å². The standard InChI is InChI=1S/C13H16N2O8/c1-5(16)10(22-6(2)17)11-8(19)9(20)12(23-11)15-4-3-7(18)14-13(15)21/h3-4,8-12,19-20H,1-2H3,(H,14,18,21)/t8-,9+,10?,11-,12+/m0/s1. The maximum Gasteiger partial charge on any atom is 0.330 e. The Morgan fingerprint density at radius 3 is 2.48 bits per heavy atom. The quantitative estimate of drug-likeness (QED) is 0.522. The molecule has 1 aromatic rings. The number of H-pyrrole nitrogens is 1. The van der Waals surface area contributed by atoms with Crippen molar-refractivity contribution in [3.63, 3.8) is 0 Å². The third kappa shape index (κ3) is 3.38. The summed E-state index contributed by atoms with van der Waals surface area (Å²) in [5, 5.41) is 20.1. The van der Waals surface area contributed by atoms with Gasteiger partial charge in [0.15, 0.2) is 18.1 Å². The van der Waals surface area contributed by atoms with Gasteiger partial charge < -0.3 is 19.7 Å². The molecule has 0 saturated carbocycles. The molecular weight excluding hydrogens is 312 g/mol. The Kier molecular flexibility index (Phi) is 4.78. The Bertz CT molecular complexity index is 723. The minimum atomic E-state index is -1.58. The van der Waals surface area contributed by atoms with E-state index in [0.29, 0.717) is 0 Å². The largest absolute Gasteiger partial charge is 0.452 e. The van der Waals surface area contributed by atoms with Crippen LogP contribution in [0.15, 0.2) is 21.9 Å². The molecule has 1 aromatic heterocycles. The number of ether oxygens (including phenoxy) is 2. The fraction of sp³-hybridized carbons (Fsp3) is 0.538.